The van der Waals surface area contributed by atoms with Crippen LogP contribution in [0.15, 0.2) is 54.9 Å². The largest absolute Gasteiger partial charge is 0.490 e. The monoisotopic (exact) mass is 387 g/mol. The summed E-state index contributed by atoms with van der Waals surface area (Å²) in [4.78, 5) is 16.5. The Hall–Kier alpha value is -3.66. The first-order chi connectivity index (χ1) is 14.2. The maximum atomic E-state index is 12.3. The highest BCUT2D eigenvalue weighted by Crippen LogP contribution is 2.25. The van der Waals surface area contributed by atoms with E-state index in [1.807, 2.05) is 30.3 Å². The number of carbonyl (C=O) groups excluding carboxylic acids is 1. The van der Waals surface area contributed by atoms with Crippen LogP contribution < -0.4 is 10.1 Å². The minimum absolute atomic E-state index is 0.126. The van der Waals surface area contributed by atoms with Gasteiger partial charge in [-0.05, 0) is 49.1 Å². The molecule has 3 aromatic rings. The third kappa shape index (κ3) is 4.99. The van der Waals surface area contributed by atoms with Gasteiger partial charge in [0.2, 0.25) is 5.91 Å². The molecule has 0 atom stereocenters. The Morgan fingerprint density at radius 3 is 2.69 bits per heavy atom. The predicted octanol–water partition coefficient (Wildman–Crippen LogP) is 3.31. The number of nitrogens with zero attached hydrogens (tertiary/aromatic N) is 4. The molecule has 0 spiro atoms. The Balaban J connectivity index is 1.28. The molecule has 4 rings (SSSR count). The standard InChI is InChI=1S/C22H21N5O2/c23-13-17-4-7-18(24-14-17)15-27-11-10-21(26-27)25-22(28)12-16-5-8-20(9-6-16)29-19-2-1-3-19/h4-11,14,19H,1-3,12,15H2,(H,25,26,28). The lowest BCUT2D eigenvalue weighted by atomic mass is 9.96. The smallest absolute Gasteiger partial charge is 0.229 e. The molecule has 0 aliphatic heterocycles. The number of carbonyl (C=O) groups is 1. The van der Waals surface area contributed by atoms with Crippen LogP contribution in [0.25, 0.3) is 0 Å². The maximum Gasteiger partial charge on any atom is 0.229 e. The second kappa shape index (κ2) is 8.57. The molecule has 2 aromatic heterocycles. The number of aromatic nitrogens is 3. The summed E-state index contributed by atoms with van der Waals surface area (Å²) in [6.45, 7) is 0.462. The van der Waals surface area contributed by atoms with Gasteiger partial charge in [0.15, 0.2) is 5.82 Å². The minimum atomic E-state index is -0.126. The molecule has 1 N–H and O–H groups in total. The van der Waals surface area contributed by atoms with Crippen molar-refractivity contribution in [2.75, 3.05) is 5.32 Å². The zero-order valence-corrected chi connectivity index (χ0v) is 15.9. The molecular formula is C22H21N5O2. The molecule has 0 bridgehead atoms. The van der Waals surface area contributed by atoms with Crippen molar-refractivity contribution >= 4 is 11.7 Å². The SMILES string of the molecule is N#Cc1ccc(Cn2ccc(NC(=O)Cc3ccc(OC4CCC4)cc3)n2)nc1. The van der Waals surface area contributed by atoms with Crippen LogP contribution in [-0.4, -0.2) is 26.8 Å². The molecule has 7 nitrogen and oxygen atoms in total. The van der Waals surface area contributed by atoms with Gasteiger partial charge in [-0.1, -0.05) is 12.1 Å². The molecule has 0 unspecified atom stereocenters. The van der Waals surface area contributed by atoms with Crippen molar-refractivity contribution in [1.82, 2.24) is 14.8 Å². The lowest BCUT2D eigenvalue weighted by Gasteiger charge is -2.26. The average molecular weight is 387 g/mol. The van der Waals surface area contributed by atoms with Gasteiger partial charge in [0.25, 0.3) is 0 Å². The van der Waals surface area contributed by atoms with E-state index < -0.39 is 0 Å². The molecule has 1 saturated carbocycles. The zero-order valence-electron chi connectivity index (χ0n) is 15.9. The summed E-state index contributed by atoms with van der Waals surface area (Å²) in [6, 6.07) is 15.0. The number of nitriles is 1. The Morgan fingerprint density at radius 1 is 1.21 bits per heavy atom. The molecule has 0 saturated heterocycles. The van der Waals surface area contributed by atoms with E-state index in [4.69, 9.17) is 10.00 Å². The molecule has 1 aromatic carbocycles. The first-order valence-electron chi connectivity index (χ1n) is 9.62. The summed E-state index contributed by atoms with van der Waals surface area (Å²) >= 11 is 0. The van der Waals surface area contributed by atoms with Crippen molar-refractivity contribution in [3.8, 4) is 11.8 Å². The minimum Gasteiger partial charge on any atom is -0.490 e. The van der Waals surface area contributed by atoms with Gasteiger partial charge in [0, 0.05) is 18.5 Å². The van der Waals surface area contributed by atoms with Gasteiger partial charge in [-0.3, -0.25) is 14.5 Å². The lowest BCUT2D eigenvalue weighted by molar-refractivity contribution is -0.115. The quantitative estimate of drug-likeness (QED) is 0.671. The molecule has 1 amide bonds. The van der Waals surface area contributed by atoms with Gasteiger partial charge in [0.05, 0.1) is 30.3 Å². The van der Waals surface area contributed by atoms with Crippen LogP contribution in [0.1, 0.15) is 36.1 Å². The van der Waals surface area contributed by atoms with Crippen molar-refractivity contribution in [1.29, 1.82) is 5.26 Å². The number of benzene rings is 1. The molecule has 0 radical (unpaired) electrons. The second-order valence-electron chi connectivity index (χ2n) is 7.09. The van der Waals surface area contributed by atoms with E-state index in [1.165, 1.54) is 12.6 Å². The first kappa shape index (κ1) is 18.7. The molecular weight excluding hydrogens is 366 g/mol. The molecule has 29 heavy (non-hydrogen) atoms. The fourth-order valence-corrected chi connectivity index (χ4v) is 3.01. The fraction of sp³-hybridized carbons (Fsp3) is 0.273. The first-order valence-corrected chi connectivity index (χ1v) is 9.62. The van der Waals surface area contributed by atoms with Crippen molar-refractivity contribution in [3.05, 3.63) is 71.7 Å². The number of ether oxygens (including phenoxy) is 1. The molecule has 146 valence electrons. The summed E-state index contributed by atoms with van der Waals surface area (Å²) in [5, 5.41) is 16.0. The topological polar surface area (TPSA) is 92.8 Å². The van der Waals surface area contributed by atoms with E-state index in [-0.39, 0.29) is 12.3 Å². The number of pyridine rings is 1. The summed E-state index contributed by atoms with van der Waals surface area (Å²) in [5.41, 5.74) is 2.23. The predicted molar refractivity (Wildman–Crippen MR) is 107 cm³/mol. The van der Waals surface area contributed by atoms with Crippen LogP contribution in [0, 0.1) is 11.3 Å². The van der Waals surface area contributed by atoms with Gasteiger partial charge in [-0.15, -0.1) is 0 Å². The molecule has 1 aliphatic rings. The highest BCUT2D eigenvalue weighted by molar-refractivity contribution is 5.91. The van der Waals surface area contributed by atoms with Gasteiger partial charge in [0.1, 0.15) is 11.8 Å². The number of amides is 1. The third-order valence-electron chi connectivity index (χ3n) is 4.83. The molecule has 7 heteroatoms. The Kier molecular flexibility index (Phi) is 5.52. The number of nitrogens with one attached hydrogen (secondary N) is 1. The van der Waals surface area contributed by atoms with Crippen molar-refractivity contribution in [2.24, 2.45) is 0 Å². The van der Waals surface area contributed by atoms with E-state index in [2.05, 4.69) is 15.4 Å². The summed E-state index contributed by atoms with van der Waals surface area (Å²) in [6.07, 6.45) is 7.41. The number of anilines is 1. The van der Waals surface area contributed by atoms with Crippen LogP contribution in [-0.2, 0) is 17.8 Å². The van der Waals surface area contributed by atoms with Gasteiger partial charge in [-0.25, -0.2) is 0 Å². The fourth-order valence-electron chi connectivity index (χ4n) is 3.01. The highest BCUT2D eigenvalue weighted by Gasteiger charge is 2.18. The van der Waals surface area contributed by atoms with E-state index in [0.717, 1.165) is 29.8 Å². The zero-order chi connectivity index (χ0) is 20.1. The maximum absolute atomic E-state index is 12.3. The number of hydrogen-bond acceptors (Lipinski definition) is 5. The number of hydrogen-bond donors (Lipinski definition) is 1. The Labute approximate surface area is 169 Å². The van der Waals surface area contributed by atoms with E-state index in [1.54, 1.807) is 29.1 Å². The third-order valence-corrected chi connectivity index (χ3v) is 4.83. The second-order valence-corrected chi connectivity index (χ2v) is 7.09. The van der Waals surface area contributed by atoms with Gasteiger partial charge in [-0.2, -0.15) is 10.4 Å². The van der Waals surface area contributed by atoms with E-state index >= 15 is 0 Å². The van der Waals surface area contributed by atoms with Crippen molar-refractivity contribution < 1.29 is 9.53 Å². The van der Waals surface area contributed by atoms with Crippen LogP contribution in [0.5, 0.6) is 5.75 Å². The van der Waals surface area contributed by atoms with E-state index in [9.17, 15) is 4.79 Å². The van der Waals surface area contributed by atoms with Crippen molar-refractivity contribution in [2.45, 2.75) is 38.3 Å². The van der Waals surface area contributed by atoms with Crippen LogP contribution in [0.4, 0.5) is 5.82 Å². The molecule has 2 heterocycles. The normalized spacial score (nSPS) is 13.3. The average Bonchev–Trinajstić information content (AvgIpc) is 3.13. The van der Waals surface area contributed by atoms with Gasteiger partial charge >= 0.3 is 0 Å². The Morgan fingerprint density at radius 2 is 2.03 bits per heavy atom. The van der Waals surface area contributed by atoms with Crippen LogP contribution in [0.2, 0.25) is 0 Å². The highest BCUT2D eigenvalue weighted by atomic mass is 16.5. The van der Waals surface area contributed by atoms with Crippen molar-refractivity contribution in [3.63, 3.8) is 0 Å². The van der Waals surface area contributed by atoms with Crippen LogP contribution >= 0.6 is 0 Å². The summed E-state index contributed by atoms with van der Waals surface area (Å²) in [5.74, 6) is 1.22. The van der Waals surface area contributed by atoms with E-state index in [0.29, 0.717) is 24.0 Å². The van der Waals surface area contributed by atoms with Gasteiger partial charge < -0.3 is 10.1 Å². The Bertz CT molecular complexity index is 1010. The summed E-state index contributed by atoms with van der Waals surface area (Å²) in [7, 11) is 0. The number of rotatable bonds is 7. The molecule has 1 aliphatic carbocycles. The molecule has 1 fully saturated rings. The van der Waals surface area contributed by atoms with Crippen LogP contribution in [0.3, 0.4) is 0 Å². The lowest BCUT2D eigenvalue weighted by Crippen LogP contribution is -2.24. The summed E-state index contributed by atoms with van der Waals surface area (Å²) < 4.78 is 7.53.